The molecule has 2 heterocycles. The Morgan fingerprint density at radius 3 is 2.69 bits per heavy atom. The minimum atomic E-state index is 0.168. The van der Waals surface area contributed by atoms with Gasteiger partial charge in [0.05, 0.1) is 0 Å². The summed E-state index contributed by atoms with van der Waals surface area (Å²) in [7, 11) is 0. The Morgan fingerprint density at radius 1 is 1.15 bits per heavy atom. The van der Waals surface area contributed by atoms with Crippen molar-refractivity contribution in [2.75, 3.05) is 0 Å². The summed E-state index contributed by atoms with van der Waals surface area (Å²) in [6.45, 7) is 2.33. The predicted molar refractivity (Wildman–Crippen MR) is 53.7 cm³/mol. The van der Waals surface area contributed by atoms with Gasteiger partial charge in [0.15, 0.2) is 5.65 Å². The Kier molecular flexibility index (Phi) is 1.31. The summed E-state index contributed by atoms with van der Waals surface area (Å²) < 4.78 is 14.5. The molecule has 0 bridgehead atoms. The highest BCUT2D eigenvalue weighted by molar-refractivity contribution is 5.78. The highest BCUT2D eigenvalue weighted by atomic mass is 14.9. The maximum atomic E-state index is 7.29. The van der Waals surface area contributed by atoms with E-state index in [1.165, 1.54) is 0 Å². The zero-order chi connectivity index (χ0) is 10.8. The van der Waals surface area contributed by atoms with Crippen molar-refractivity contribution in [3.05, 3.63) is 35.2 Å². The van der Waals surface area contributed by atoms with E-state index in [-0.39, 0.29) is 13.8 Å². The van der Waals surface area contributed by atoms with Gasteiger partial charge in [-0.2, -0.15) is 0 Å². The van der Waals surface area contributed by atoms with Crippen molar-refractivity contribution in [3.8, 4) is 0 Å². The molecule has 2 nitrogen and oxygen atoms in total. The fourth-order valence-corrected chi connectivity index (χ4v) is 1.38. The molecule has 0 aliphatic carbocycles. The van der Waals surface area contributed by atoms with Gasteiger partial charge >= 0.3 is 0 Å². The van der Waals surface area contributed by atoms with Crippen LogP contribution in [0.1, 0.15) is 19.7 Å². The van der Waals surface area contributed by atoms with Crippen LogP contribution in [0.25, 0.3) is 11.0 Å². The summed E-state index contributed by atoms with van der Waals surface area (Å²) in [6, 6.07) is 5.71. The summed E-state index contributed by atoms with van der Waals surface area (Å²) in [4.78, 5) is 8.56. The molecule has 13 heavy (non-hydrogen) atoms. The van der Waals surface area contributed by atoms with Crippen LogP contribution in [0.5, 0.6) is 0 Å². The van der Waals surface area contributed by atoms with E-state index in [9.17, 15) is 0 Å². The molecule has 0 aromatic carbocycles. The molecule has 0 aliphatic rings. The molecule has 2 aromatic rings. The first-order chi connectivity index (χ1) is 7.24. The molecule has 0 spiro atoms. The zero-order valence-corrected chi connectivity index (χ0v) is 7.54. The number of hydrogen-bond donors (Lipinski definition) is 0. The summed E-state index contributed by atoms with van der Waals surface area (Å²) in [6.07, 6.45) is 0. The third kappa shape index (κ3) is 1.39. The van der Waals surface area contributed by atoms with E-state index in [0.29, 0.717) is 5.65 Å². The van der Waals surface area contributed by atoms with E-state index in [4.69, 9.17) is 2.74 Å². The van der Waals surface area contributed by atoms with Crippen molar-refractivity contribution < 1.29 is 2.74 Å². The van der Waals surface area contributed by atoms with Crippen LogP contribution in [-0.4, -0.2) is 9.97 Å². The van der Waals surface area contributed by atoms with E-state index in [0.717, 1.165) is 22.3 Å². The average molecular weight is 174 g/mol. The third-order valence-electron chi connectivity index (χ3n) is 1.99. The van der Waals surface area contributed by atoms with Crippen LogP contribution in [0.4, 0.5) is 0 Å². The number of pyridine rings is 2. The fraction of sp³-hybridized carbons (Fsp3) is 0.273. The van der Waals surface area contributed by atoms with Gasteiger partial charge in [0.1, 0.15) is 0 Å². The Morgan fingerprint density at radius 2 is 1.92 bits per heavy atom. The molecular formula is C11H12N2. The van der Waals surface area contributed by atoms with Gasteiger partial charge in [-0.15, -0.1) is 0 Å². The molecule has 66 valence electrons. The monoisotopic (exact) mass is 174 g/mol. The lowest BCUT2D eigenvalue weighted by Crippen LogP contribution is -1.91. The van der Waals surface area contributed by atoms with Crippen LogP contribution in [-0.2, 0) is 0 Å². The minimum Gasteiger partial charge on any atom is -0.233 e. The first-order valence-electron chi connectivity index (χ1n) is 5.50. The Labute approximate surface area is 80.5 Å². The molecule has 0 aliphatic heterocycles. The molecule has 2 heteroatoms. The predicted octanol–water partition coefficient (Wildman–Crippen LogP) is 2.56. The van der Waals surface area contributed by atoms with Gasteiger partial charge in [-0.1, -0.05) is 0 Å². The van der Waals surface area contributed by atoms with Gasteiger partial charge in [-0.25, -0.2) is 9.97 Å². The largest absolute Gasteiger partial charge is 0.233 e. The van der Waals surface area contributed by atoms with Gasteiger partial charge in [0.25, 0.3) is 0 Å². The quantitative estimate of drug-likeness (QED) is 0.613. The van der Waals surface area contributed by atoms with Crippen LogP contribution in [0.2, 0.25) is 0 Å². The number of fused-ring (bicyclic) bond motifs is 1. The normalized spacial score (nSPS) is 12.7. The number of hydrogen-bond acceptors (Lipinski definition) is 2. The molecule has 0 saturated carbocycles. The highest BCUT2D eigenvalue weighted by Gasteiger charge is 2.00. The van der Waals surface area contributed by atoms with Gasteiger partial charge in [0, 0.05) is 19.5 Å². The maximum absolute atomic E-state index is 7.29. The van der Waals surface area contributed by atoms with Gasteiger partial charge in [-0.05, 0) is 44.5 Å². The topological polar surface area (TPSA) is 25.8 Å². The second-order valence-corrected chi connectivity index (χ2v) is 3.10. The summed E-state index contributed by atoms with van der Waals surface area (Å²) in [5, 5.41) is 1.00. The summed E-state index contributed by atoms with van der Waals surface area (Å²) in [5.41, 5.74) is 3.19. The van der Waals surface area contributed by atoms with Gasteiger partial charge in [0.2, 0.25) is 0 Å². The zero-order valence-electron chi connectivity index (χ0n) is 9.54. The second-order valence-electron chi connectivity index (χ2n) is 3.10. The lowest BCUT2D eigenvalue weighted by Gasteiger charge is -2.02. The van der Waals surface area contributed by atoms with Crippen molar-refractivity contribution in [1.29, 1.82) is 0 Å². The van der Waals surface area contributed by atoms with Crippen LogP contribution >= 0.6 is 0 Å². The van der Waals surface area contributed by atoms with Crippen molar-refractivity contribution in [2.24, 2.45) is 0 Å². The van der Waals surface area contributed by atoms with E-state index >= 15 is 0 Å². The molecule has 0 amide bonds. The number of aryl methyl sites for hydroxylation is 3. The molecule has 0 unspecified atom stereocenters. The second kappa shape index (κ2) is 2.80. The van der Waals surface area contributed by atoms with Crippen LogP contribution in [0.15, 0.2) is 18.2 Å². The molecular weight excluding hydrogens is 160 g/mol. The number of rotatable bonds is 0. The Bertz CT molecular complexity index is 492. The first kappa shape index (κ1) is 6.08. The molecule has 0 saturated heterocycles. The minimum absolute atomic E-state index is 0.168. The van der Waals surface area contributed by atoms with E-state index in [1.807, 2.05) is 25.1 Å². The molecule has 0 fully saturated rings. The van der Waals surface area contributed by atoms with Crippen molar-refractivity contribution in [1.82, 2.24) is 9.97 Å². The lowest BCUT2D eigenvalue weighted by atomic mass is 10.1. The molecule has 0 N–H and O–H groups in total. The number of nitrogens with zero attached hydrogens (tertiary/aromatic N) is 2. The van der Waals surface area contributed by atoms with Crippen molar-refractivity contribution >= 4 is 11.0 Å². The van der Waals surface area contributed by atoms with Crippen molar-refractivity contribution in [2.45, 2.75) is 20.7 Å². The molecule has 2 aromatic heterocycles. The standard InChI is InChI=1S/C11H12N2/c1-7-6-9(3)13-11-10(7)5-4-8(2)12-11/h4-6H,1-3H3/i2D,3D. The highest BCUT2D eigenvalue weighted by Crippen LogP contribution is 2.15. The molecule has 0 atom stereocenters. The van der Waals surface area contributed by atoms with Gasteiger partial charge < -0.3 is 0 Å². The van der Waals surface area contributed by atoms with Crippen molar-refractivity contribution in [3.63, 3.8) is 0 Å². The molecule has 2 rings (SSSR count). The van der Waals surface area contributed by atoms with Crippen LogP contribution < -0.4 is 0 Å². The third-order valence-corrected chi connectivity index (χ3v) is 1.99. The summed E-state index contributed by atoms with van der Waals surface area (Å²) in [5.74, 6) is 0. The SMILES string of the molecule is [2H]Cc1ccc2c(C)cc(C[2H])nc2n1. The Hall–Kier alpha value is -1.44. The van der Waals surface area contributed by atoms with Crippen LogP contribution in [0.3, 0.4) is 0 Å². The van der Waals surface area contributed by atoms with E-state index < -0.39 is 0 Å². The number of aromatic nitrogens is 2. The maximum Gasteiger partial charge on any atom is 0.159 e. The van der Waals surface area contributed by atoms with E-state index in [1.54, 1.807) is 0 Å². The Balaban J connectivity index is 2.69. The molecule has 0 radical (unpaired) electrons. The van der Waals surface area contributed by atoms with E-state index in [2.05, 4.69) is 9.97 Å². The summed E-state index contributed by atoms with van der Waals surface area (Å²) >= 11 is 0. The average Bonchev–Trinajstić information content (AvgIpc) is 2.28. The smallest absolute Gasteiger partial charge is 0.159 e. The lowest BCUT2D eigenvalue weighted by molar-refractivity contribution is 1.15. The van der Waals surface area contributed by atoms with Gasteiger partial charge in [-0.3, -0.25) is 0 Å². The first-order valence-corrected chi connectivity index (χ1v) is 4.09. The fourth-order valence-electron chi connectivity index (χ4n) is 1.38. The van der Waals surface area contributed by atoms with Crippen LogP contribution in [0, 0.1) is 20.7 Å².